The zero-order valence-corrected chi connectivity index (χ0v) is 16.4. The lowest BCUT2D eigenvalue weighted by Gasteiger charge is -2.12. The molecule has 7 heteroatoms. The first-order chi connectivity index (χ1) is 11.2. The van der Waals surface area contributed by atoms with Crippen molar-refractivity contribution in [2.45, 2.75) is 19.4 Å². The number of aryl methyl sites for hydroxylation is 1. The molecule has 0 saturated carbocycles. The van der Waals surface area contributed by atoms with Crippen LogP contribution in [0.5, 0.6) is 0 Å². The molecule has 0 atom stereocenters. The van der Waals surface area contributed by atoms with Crippen LogP contribution in [0.4, 0.5) is 0 Å². The molecular formula is C17H25IN4O2. The van der Waals surface area contributed by atoms with Crippen molar-refractivity contribution in [1.29, 1.82) is 0 Å². The molecule has 0 fully saturated rings. The van der Waals surface area contributed by atoms with Crippen molar-refractivity contribution in [3.05, 3.63) is 36.5 Å². The highest BCUT2D eigenvalue weighted by Gasteiger charge is 2.02. The number of fused-ring (bicyclic) bond motifs is 1. The zero-order chi connectivity index (χ0) is 16.5. The van der Waals surface area contributed by atoms with Crippen LogP contribution in [0.1, 0.15) is 12.8 Å². The quantitative estimate of drug-likeness (QED) is 0.226. The van der Waals surface area contributed by atoms with Crippen molar-refractivity contribution in [2.24, 2.45) is 4.99 Å². The van der Waals surface area contributed by atoms with E-state index in [0.717, 1.165) is 19.5 Å². The number of guanidine groups is 1. The van der Waals surface area contributed by atoms with Gasteiger partial charge in [-0.1, -0.05) is 18.2 Å². The fourth-order valence-electron chi connectivity index (χ4n) is 2.40. The molecule has 0 aliphatic carbocycles. The van der Waals surface area contributed by atoms with E-state index >= 15 is 0 Å². The predicted molar refractivity (Wildman–Crippen MR) is 108 cm³/mol. The van der Waals surface area contributed by atoms with Crippen LogP contribution in [0.3, 0.4) is 0 Å². The van der Waals surface area contributed by atoms with Crippen molar-refractivity contribution in [1.82, 2.24) is 15.2 Å². The third-order valence-corrected chi connectivity index (χ3v) is 3.62. The minimum atomic E-state index is -0.229. The van der Waals surface area contributed by atoms with E-state index in [1.807, 2.05) is 0 Å². The highest BCUT2D eigenvalue weighted by molar-refractivity contribution is 14.0. The second-order valence-corrected chi connectivity index (χ2v) is 5.17. The molecule has 1 heterocycles. The van der Waals surface area contributed by atoms with E-state index in [2.05, 4.69) is 61.5 Å². The number of halogens is 1. The Balaban J connectivity index is 0.00000288. The Hall–Kier alpha value is -1.77. The van der Waals surface area contributed by atoms with Crippen LogP contribution < -0.4 is 10.6 Å². The second-order valence-electron chi connectivity index (χ2n) is 5.17. The lowest BCUT2D eigenvalue weighted by molar-refractivity contribution is -0.140. The molecule has 1 aromatic heterocycles. The van der Waals surface area contributed by atoms with Gasteiger partial charge in [-0.3, -0.25) is 9.79 Å². The average Bonchev–Trinajstić information content (AvgIpc) is 3.00. The lowest BCUT2D eigenvalue weighted by atomic mass is 10.2. The Morgan fingerprint density at radius 1 is 1.21 bits per heavy atom. The summed E-state index contributed by atoms with van der Waals surface area (Å²) in [6, 6.07) is 10.5. The van der Waals surface area contributed by atoms with Crippen molar-refractivity contribution in [2.75, 3.05) is 27.2 Å². The first-order valence-electron chi connectivity index (χ1n) is 7.80. The number of aromatic nitrogens is 1. The van der Waals surface area contributed by atoms with Crippen LogP contribution in [0.25, 0.3) is 10.9 Å². The molecule has 1 aromatic carbocycles. The third-order valence-electron chi connectivity index (χ3n) is 3.62. The standard InChI is InChI=1S/C17H24N4O2.HI/c1-18-17(20-11-8-16(22)23-2)19-10-5-12-21-13-9-14-6-3-4-7-15(14)21;/h3-4,6-7,9,13H,5,8,10-12H2,1-2H3,(H2,18,19,20);1H. The summed E-state index contributed by atoms with van der Waals surface area (Å²) >= 11 is 0. The Labute approximate surface area is 159 Å². The molecule has 0 unspecified atom stereocenters. The van der Waals surface area contributed by atoms with Gasteiger partial charge in [-0.15, -0.1) is 24.0 Å². The molecule has 0 radical (unpaired) electrons. The summed E-state index contributed by atoms with van der Waals surface area (Å²) in [5.41, 5.74) is 1.26. The molecule has 2 rings (SSSR count). The summed E-state index contributed by atoms with van der Waals surface area (Å²) < 4.78 is 6.85. The molecule has 132 valence electrons. The molecule has 2 N–H and O–H groups in total. The number of aliphatic imine (C=N–C) groups is 1. The number of carbonyl (C=O) groups excluding carboxylic acids is 1. The average molecular weight is 444 g/mol. The van der Waals surface area contributed by atoms with Gasteiger partial charge in [-0.2, -0.15) is 0 Å². The number of nitrogens with one attached hydrogen (secondary N) is 2. The van der Waals surface area contributed by atoms with Crippen LogP contribution in [-0.4, -0.2) is 43.7 Å². The van der Waals surface area contributed by atoms with Gasteiger partial charge in [0.05, 0.1) is 13.5 Å². The molecule has 24 heavy (non-hydrogen) atoms. The van der Waals surface area contributed by atoms with E-state index in [1.165, 1.54) is 18.0 Å². The maximum atomic E-state index is 11.1. The van der Waals surface area contributed by atoms with Crippen LogP contribution >= 0.6 is 24.0 Å². The van der Waals surface area contributed by atoms with Crippen LogP contribution in [0.2, 0.25) is 0 Å². The number of carbonyl (C=O) groups is 1. The zero-order valence-electron chi connectivity index (χ0n) is 14.1. The Morgan fingerprint density at radius 2 is 1.96 bits per heavy atom. The van der Waals surface area contributed by atoms with Gasteiger partial charge in [0.2, 0.25) is 0 Å². The Bertz CT molecular complexity index is 669. The topological polar surface area (TPSA) is 67.7 Å². The summed E-state index contributed by atoms with van der Waals surface area (Å²) in [6.07, 6.45) is 3.43. The fourth-order valence-corrected chi connectivity index (χ4v) is 2.40. The van der Waals surface area contributed by atoms with Crippen LogP contribution in [0.15, 0.2) is 41.5 Å². The smallest absolute Gasteiger partial charge is 0.307 e. The molecule has 0 bridgehead atoms. The molecule has 0 amide bonds. The van der Waals surface area contributed by atoms with Gasteiger partial charge in [-0.25, -0.2) is 0 Å². The first-order valence-corrected chi connectivity index (χ1v) is 7.80. The minimum absolute atomic E-state index is 0. The number of nitrogens with zero attached hydrogens (tertiary/aromatic N) is 2. The summed E-state index contributed by atoms with van der Waals surface area (Å²) in [5.74, 6) is 0.471. The maximum Gasteiger partial charge on any atom is 0.307 e. The number of hydrogen-bond donors (Lipinski definition) is 2. The van der Waals surface area contributed by atoms with Gasteiger partial charge < -0.3 is 19.9 Å². The van der Waals surface area contributed by atoms with E-state index in [4.69, 9.17) is 0 Å². The number of para-hydroxylation sites is 1. The monoisotopic (exact) mass is 444 g/mol. The molecule has 0 aliphatic rings. The summed E-state index contributed by atoms with van der Waals surface area (Å²) in [4.78, 5) is 15.2. The fraction of sp³-hybridized carbons (Fsp3) is 0.412. The molecule has 0 aliphatic heterocycles. The van der Waals surface area contributed by atoms with Crippen LogP contribution in [-0.2, 0) is 16.1 Å². The first kappa shape index (κ1) is 20.3. The van der Waals surface area contributed by atoms with E-state index < -0.39 is 0 Å². The second kappa shape index (κ2) is 10.9. The number of rotatable bonds is 7. The number of esters is 1. The predicted octanol–water partition coefficient (Wildman–Crippen LogP) is 2.38. The molecule has 0 spiro atoms. The van der Waals surface area contributed by atoms with Gasteiger partial charge in [0.25, 0.3) is 0 Å². The molecular weight excluding hydrogens is 419 g/mol. The highest BCUT2D eigenvalue weighted by Crippen LogP contribution is 2.15. The van der Waals surface area contributed by atoms with Crippen molar-refractivity contribution < 1.29 is 9.53 Å². The van der Waals surface area contributed by atoms with Gasteiger partial charge >= 0.3 is 5.97 Å². The third kappa shape index (κ3) is 6.03. The summed E-state index contributed by atoms with van der Waals surface area (Å²) in [5, 5.41) is 7.60. The largest absolute Gasteiger partial charge is 0.469 e. The maximum absolute atomic E-state index is 11.1. The Kier molecular flexibility index (Phi) is 9.21. The number of benzene rings is 1. The molecule has 2 aromatic rings. The van der Waals surface area contributed by atoms with Crippen molar-refractivity contribution in [3.63, 3.8) is 0 Å². The van der Waals surface area contributed by atoms with E-state index in [-0.39, 0.29) is 29.9 Å². The number of ether oxygens (including phenoxy) is 1. The number of hydrogen-bond acceptors (Lipinski definition) is 3. The Morgan fingerprint density at radius 3 is 2.71 bits per heavy atom. The minimum Gasteiger partial charge on any atom is -0.469 e. The SMILES string of the molecule is CN=C(NCCCn1ccc2ccccc21)NCCC(=O)OC.I. The van der Waals surface area contributed by atoms with E-state index in [0.29, 0.717) is 18.9 Å². The summed E-state index contributed by atoms with van der Waals surface area (Å²) in [7, 11) is 3.10. The normalized spacial score (nSPS) is 11.0. The van der Waals surface area contributed by atoms with Gasteiger partial charge in [0, 0.05) is 38.4 Å². The van der Waals surface area contributed by atoms with E-state index in [9.17, 15) is 4.79 Å². The van der Waals surface area contributed by atoms with Crippen LogP contribution in [0, 0.1) is 0 Å². The van der Waals surface area contributed by atoms with Crippen molar-refractivity contribution >= 4 is 46.8 Å². The number of methoxy groups -OCH3 is 1. The lowest BCUT2D eigenvalue weighted by Crippen LogP contribution is -2.39. The highest BCUT2D eigenvalue weighted by atomic mass is 127. The summed E-state index contributed by atoms with van der Waals surface area (Å²) in [6.45, 7) is 2.26. The van der Waals surface area contributed by atoms with Gasteiger partial charge in [0.1, 0.15) is 0 Å². The van der Waals surface area contributed by atoms with E-state index in [1.54, 1.807) is 7.05 Å². The molecule has 0 saturated heterocycles. The van der Waals surface area contributed by atoms with Gasteiger partial charge in [0.15, 0.2) is 5.96 Å². The van der Waals surface area contributed by atoms with Gasteiger partial charge in [-0.05, 0) is 23.9 Å². The molecule has 6 nitrogen and oxygen atoms in total. The van der Waals surface area contributed by atoms with Crippen molar-refractivity contribution in [3.8, 4) is 0 Å².